The van der Waals surface area contributed by atoms with Crippen molar-refractivity contribution in [3.63, 3.8) is 0 Å². The maximum atomic E-state index is 12.7. The zero-order valence-corrected chi connectivity index (χ0v) is 29.0. The second-order valence-corrected chi connectivity index (χ2v) is 13.6. The molecule has 3 aromatic rings. The average Bonchev–Trinajstić information content (AvgIpc) is 3.40. The van der Waals surface area contributed by atoms with Gasteiger partial charge in [-0.2, -0.15) is 0 Å². The zero-order chi connectivity index (χ0) is 37.3. The summed E-state index contributed by atoms with van der Waals surface area (Å²) in [6, 6.07) is 15.4. The Balaban J connectivity index is 1.01. The van der Waals surface area contributed by atoms with Gasteiger partial charge in [-0.25, -0.2) is 14.2 Å². The molecule has 1 saturated heterocycles. The van der Waals surface area contributed by atoms with E-state index in [4.69, 9.17) is 19.3 Å². The average molecular weight is 741 g/mol. The maximum absolute atomic E-state index is 12.7. The van der Waals surface area contributed by atoms with Crippen molar-refractivity contribution in [2.45, 2.75) is 75.6 Å². The van der Waals surface area contributed by atoms with E-state index >= 15 is 0 Å². The number of aromatic amines is 1. The lowest BCUT2D eigenvalue weighted by molar-refractivity contribution is -0.121. The first-order valence-corrected chi connectivity index (χ1v) is 18.4. The van der Waals surface area contributed by atoms with Crippen molar-refractivity contribution in [1.29, 1.82) is 0 Å². The number of ether oxygens (including phenoxy) is 2. The molecule has 0 saturated carbocycles. The first-order chi connectivity index (χ1) is 24.9. The molecule has 2 heterocycles. The molecule has 1 fully saturated rings. The fourth-order valence-electron chi connectivity index (χ4n) is 6.08. The minimum absolute atomic E-state index is 0.132. The van der Waals surface area contributed by atoms with Crippen molar-refractivity contribution in [3.8, 4) is 11.8 Å². The number of unbranched alkanes of at least 4 members (excludes halogenated alkanes) is 2. The van der Waals surface area contributed by atoms with Crippen molar-refractivity contribution in [2.75, 3.05) is 19.7 Å². The summed E-state index contributed by atoms with van der Waals surface area (Å²) in [6.45, 7) is -0.154. The van der Waals surface area contributed by atoms with Gasteiger partial charge in [0.1, 0.15) is 24.4 Å². The van der Waals surface area contributed by atoms with Crippen LogP contribution in [0.25, 0.3) is 0 Å². The highest BCUT2D eigenvalue weighted by Crippen LogP contribution is 2.43. The molecular formula is C35H41N4O12P. The Kier molecular flexibility index (Phi) is 13.2. The molecule has 0 spiro atoms. The molecule has 2 aliphatic rings. The summed E-state index contributed by atoms with van der Waals surface area (Å²) < 4.78 is 28.0. The largest absolute Gasteiger partial charge is 0.470 e. The van der Waals surface area contributed by atoms with Crippen LogP contribution in [-0.4, -0.2) is 79.6 Å². The molecule has 2 aromatic carbocycles. The number of rotatable bonds is 15. The summed E-state index contributed by atoms with van der Waals surface area (Å²) in [5, 5.41) is 25.7. The Morgan fingerprint density at radius 1 is 0.981 bits per heavy atom. The van der Waals surface area contributed by atoms with E-state index in [9.17, 15) is 34.0 Å². The van der Waals surface area contributed by atoms with Crippen LogP contribution >= 0.6 is 7.82 Å². The Labute approximate surface area is 298 Å². The molecule has 52 heavy (non-hydrogen) atoms. The number of nitrogens with zero attached hydrogens (tertiary/aromatic N) is 1. The highest BCUT2D eigenvalue weighted by atomic mass is 31.2. The number of aryl methyl sites for hydroxylation is 1. The lowest BCUT2D eigenvalue weighted by Crippen LogP contribution is -2.39. The lowest BCUT2D eigenvalue weighted by Gasteiger charge is -2.22. The summed E-state index contributed by atoms with van der Waals surface area (Å²) in [7, 11) is -5.07. The predicted octanol–water partition coefficient (Wildman–Crippen LogP) is 1.30. The van der Waals surface area contributed by atoms with Crippen molar-refractivity contribution in [2.24, 2.45) is 0 Å². The van der Waals surface area contributed by atoms with Gasteiger partial charge in [0.05, 0.1) is 6.61 Å². The number of aliphatic hydroxyl groups is 2. The van der Waals surface area contributed by atoms with Gasteiger partial charge in [-0.05, 0) is 43.4 Å². The van der Waals surface area contributed by atoms with Crippen LogP contribution in [0.3, 0.4) is 0 Å². The Hall–Kier alpha value is -4.59. The number of hydrogen-bond donors (Lipinski definition) is 7. The third-order valence-electron chi connectivity index (χ3n) is 8.67. The van der Waals surface area contributed by atoms with E-state index in [1.165, 1.54) is 0 Å². The highest BCUT2D eigenvalue weighted by molar-refractivity contribution is 7.46. The van der Waals surface area contributed by atoms with Crippen LogP contribution in [0, 0.1) is 11.8 Å². The van der Waals surface area contributed by atoms with Crippen LogP contribution in [0.4, 0.5) is 4.79 Å². The van der Waals surface area contributed by atoms with E-state index in [-0.39, 0.29) is 30.9 Å². The summed E-state index contributed by atoms with van der Waals surface area (Å²) in [4.78, 5) is 70.4. The van der Waals surface area contributed by atoms with Gasteiger partial charge in [-0.15, -0.1) is 0 Å². The number of fused-ring (bicyclic) bond motifs is 2. The van der Waals surface area contributed by atoms with Crippen molar-refractivity contribution < 1.29 is 48.2 Å². The van der Waals surface area contributed by atoms with E-state index in [0.717, 1.165) is 33.0 Å². The fourth-order valence-corrected chi connectivity index (χ4v) is 6.66. The van der Waals surface area contributed by atoms with Crippen LogP contribution in [0.15, 0.2) is 64.3 Å². The van der Waals surface area contributed by atoms with Crippen LogP contribution in [0.1, 0.15) is 72.3 Å². The third-order valence-corrected chi connectivity index (χ3v) is 9.19. The van der Waals surface area contributed by atoms with Gasteiger partial charge < -0.3 is 40.1 Å². The van der Waals surface area contributed by atoms with Crippen molar-refractivity contribution in [1.82, 2.24) is 20.2 Å². The van der Waals surface area contributed by atoms with Gasteiger partial charge in [0.15, 0.2) is 6.23 Å². The molecule has 17 heteroatoms. The molecule has 0 bridgehead atoms. The van der Waals surface area contributed by atoms with Gasteiger partial charge in [0.25, 0.3) is 5.56 Å². The van der Waals surface area contributed by atoms with E-state index in [1.807, 2.05) is 48.5 Å². The molecule has 5 rings (SSSR count). The van der Waals surface area contributed by atoms with Gasteiger partial charge in [-0.3, -0.25) is 23.7 Å². The molecule has 5 atom stereocenters. The van der Waals surface area contributed by atoms with E-state index in [1.54, 1.807) is 0 Å². The number of benzene rings is 2. The summed E-state index contributed by atoms with van der Waals surface area (Å²) in [6.07, 6.45) is -2.99. The zero-order valence-electron chi connectivity index (χ0n) is 28.1. The number of aromatic nitrogens is 2. The molecule has 1 aromatic heterocycles. The van der Waals surface area contributed by atoms with Crippen LogP contribution in [0.5, 0.6) is 0 Å². The SMILES string of the molecule is O=C(CCCCCNC(=O)OC1Cc2ccccc2C#Cc2ccccc21)NCCCc1cn([C@@H]2O[C@H](CO)C(OP(=O)(O)O)[C@@H]2O)c(=O)[nH]c1=O. The molecule has 7 N–H and O–H groups in total. The minimum atomic E-state index is -5.07. The van der Waals surface area contributed by atoms with Gasteiger partial charge in [-0.1, -0.05) is 54.7 Å². The number of hydrogen-bond acceptors (Lipinski definition) is 10. The third kappa shape index (κ3) is 10.3. The molecule has 2 amide bonds. The molecule has 1 aliphatic carbocycles. The van der Waals surface area contributed by atoms with Crippen molar-refractivity contribution in [3.05, 3.63) is 103 Å². The smallest absolute Gasteiger partial charge is 0.441 e. The van der Waals surface area contributed by atoms with Gasteiger partial charge in [0, 0.05) is 54.4 Å². The second-order valence-electron chi connectivity index (χ2n) is 12.4. The number of amides is 2. The number of nitrogens with one attached hydrogen (secondary N) is 3. The van der Waals surface area contributed by atoms with E-state index in [2.05, 4.69) is 32.0 Å². The molecule has 278 valence electrons. The minimum Gasteiger partial charge on any atom is -0.441 e. The second kappa shape index (κ2) is 17.8. The predicted molar refractivity (Wildman–Crippen MR) is 185 cm³/mol. The number of phosphoric ester groups is 1. The standard InChI is InChI=1S/C35H41N4O12P/c40-21-28-31(51-52(46,47)48)30(42)33(49-28)39-20-25(32(43)38-34(39)44)12-8-18-36-29(41)14-2-1-7-17-37-35(45)50-27-19-24-11-4-3-9-22(24)15-16-23-10-5-6-13-26(23)27/h3-6,9-11,13,20,27-28,30-31,33,40,42H,1-2,7-8,12,14,17-19,21H2,(H,36,41)(H,37,45)(H,38,43,44)(H2,46,47,48)/t27?,28-,30+,31?,33-/m1/s1. The number of alkyl carbamates (subject to hydrolysis) is 1. The Morgan fingerprint density at radius 2 is 1.69 bits per heavy atom. The fraction of sp³-hybridized carbons (Fsp3) is 0.429. The summed E-state index contributed by atoms with van der Waals surface area (Å²) in [5.74, 6) is 6.21. The van der Waals surface area contributed by atoms with Gasteiger partial charge in [0.2, 0.25) is 5.91 Å². The normalized spacial score (nSPS) is 20.7. The summed E-state index contributed by atoms with van der Waals surface area (Å²) >= 11 is 0. The number of carbonyl (C=O) groups is 2. The Morgan fingerprint density at radius 3 is 2.46 bits per heavy atom. The highest BCUT2D eigenvalue weighted by Gasteiger charge is 2.48. The number of H-pyrrole nitrogens is 1. The summed E-state index contributed by atoms with van der Waals surface area (Å²) in [5.41, 5.74) is 2.06. The molecule has 16 nitrogen and oxygen atoms in total. The number of aliphatic hydroxyl groups excluding tert-OH is 2. The molecule has 0 radical (unpaired) electrons. The van der Waals surface area contributed by atoms with Crippen LogP contribution in [0.2, 0.25) is 0 Å². The van der Waals surface area contributed by atoms with E-state index in [0.29, 0.717) is 38.6 Å². The molecular weight excluding hydrogens is 699 g/mol. The molecule has 1 aliphatic heterocycles. The lowest BCUT2D eigenvalue weighted by atomic mass is 9.92. The van der Waals surface area contributed by atoms with Crippen LogP contribution < -0.4 is 21.9 Å². The molecule has 2 unspecified atom stereocenters. The van der Waals surface area contributed by atoms with Crippen molar-refractivity contribution >= 4 is 19.8 Å². The monoisotopic (exact) mass is 740 g/mol. The topological polar surface area (TPSA) is 239 Å². The van der Waals surface area contributed by atoms with E-state index < -0.39 is 62.4 Å². The maximum Gasteiger partial charge on any atom is 0.470 e. The number of carbonyl (C=O) groups excluding carboxylic acids is 2. The van der Waals surface area contributed by atoms with Gasteiger partial charge >= 0.3 is 19.6 Å². The first kappa shape index (κ1) is 38.6. The quantitative estimate of drug-likeness (QED) is 0.0663. The van der Waals surface area contributed by atoms with Crippen LogP contribution in [-0.2, 0) is 36.2 Å². The first-order valence-electron chi connectivity index (χ1n) is 16.9. The Bertz CT molecular complexity index is 1960. The number of phosphoric acid groups is 1.